The molecule has 2 aliphatic heterocycles. The summed E-state index contributed by atoms with van der Waals surface area (Å²) >= 11 is 0. The number of primary amides is 3. The number of benzene rings is 1. The highest BCUT2D eigenvalue weighted by Crippen LogP contribution is 2.26. The molecule has 2 fully saturated rings. The van der Waals surface area contributed by atoms with E-state index in [0.29, 0.717) is 18.4 Å². The SMILES string of the molecule is CC[C@H](C)[C@@H]1NC(=O)[C@H](Cc2ccc(O)cc2)NC(=O)CCSSCC[C@@H](C(=O)N2CCC[C@H]2C(=O)N[C@@H](CC(C)C)C(=O)NCC(N)=O)NC(=O)[C@H](CC(N)=O)NC(=O)[C@H](CCC(N)=O)NC1=O. The Hall–Kier alpha value is -6.11. The minimum absolute atomic E-state index is 0.0186. The molecule has 69 heavy (non-hydrogen) atoms. The Balaban J connectivity index is 2.01. The quantitative estimate of drug-likeness (QED) is 0.0742. The van der Waals surface area contributed by atoms with E-state index in [4.69, 9.17) is 17.2 Å². The molecule has 0 saturated carbocycles. The first-order valence-electron chi connectivity index (χ1n) is 22.9. The van der Waals surface area contributed by atoms with Gasteiger partial charge in [-0.2, -0.15) is 0 Å². The highest BCUT2D eigenvalue weighted by Gasteiger charge is 2.40. The molecule has 0 aromatic heterocycles. The summed E-state index contributed by atoms with van der Waals surface area (Å²) in [6, 6.07) is -3.29. The maximum absolute atomic E-state index is 14.5. The Bertz CT molecular complexity index is 2030. The smallest absolute Gasteiger partial charge is 0.245 e. The van der Waals surface area contributed by atoms with Gasteiger partial charge in [-0.3, -0.25) is 52.7 Å². The van der Waals surface area contributed by atoms with Gasteiger partial charge in [0, 0.05) is 37.3 Å². The third kappa shape index (κ3) is 19.4. The predicted molar refractivity (Wildman–Crippen MR) is 256 cm³/mol. The van der Waals surface area contributed by atoms with E-state index in [0.717, 1.165) is 0 Å². The number of hydrogen-bond acceptors (Lipinski definition) is 14. The van der Waals surface area contributed by atoms with Crippen molar-refractivity contribution >= 4 is 86.6 Å². The van der Waals surface area contributed by atoms with Crippen molar-refractivity contribution in [3.8, 4) is 5.75 Å². The number of likely N-dealkylation sites (tertiary alicyclic amines) is 1. The monoisotopic (exact) mass is 1010 g/mol. The van der Waals surface area contributed by atoms with Crippen LogP contribution in [-0.4, -0.2) is 142 Å². The molecular weight excluding hydrogens is 939 g/mol. The molecule has 0 unspecified atom stereocenters. The van der Waals surface area contributed by atoms with Gasteiger partial charge in [0.05, 0.1) is 13.0 Å². The molecule has 1 aromatic carbocycles. The van der Waals surface area contributed by atoms with Crippen LogP contribution in [0, 0.1) is 11.8 Å². The number of phenols is 1. The first kappa shape index (κ1) is 57.2. The number of nitrogens with zero attached hydrogens (tertiary/aromatic N) is 1. The molecule has 2 aliphatic rings. The van der Waals surface area contributed by atoms with Crippen LogP contribution >= 0.6 is 21.6 Å². The number of hydrogen-bond donors (Lipinski definition) is 11. The average molecular weight is 1010 g/mol. The first-order valence-corrected chi connectivity index (χ1v) is 25.3. The average Bonchev–Trinajstić information content (AvgIpc) is 3.78. The van der Waals surface area contributed by atoms with E-state index in [1.165, 1.54) is 38.6 Å². The van der Waals surface area contributed by atoms with Crippen LogP contribution in [0.3, 0.4) is 0 Å². The van der Waals surface area contributed by atoms with E-state index in [2.05, 4.69) is 37.2 Å². The number of carbonyl (C=O) groups is 11. The number of carbonyl (C=O) groups excluding carboxylic acids is 11. The van der Waals surface area contributed by atoms with Crippen LogP contribution in [0.1, 0.15) is 91.0 Å². The third-order valence-electron chi connectivity index (χ3n) is 11.4. The minimum Gasteiger partial charge on any atom is -0.508 e. The van der Waals surface area contributed by atoms with Gasteiger partial charge in [0.15, 0.2) is 0 Å². The van der Waals surface area contributed by atoms with Crippen LogP contribution in [0.2, 0.25) is 0 Å². The number of nitrogens with one attached hydrogen (secondary N) is 7. The van der Waals surface area contributed by atoms with Gasteiger partial charge in [-0.25, -0.2) is 0 Å². The van der Waals surface area contributed by atoms with Crippen molar-refractivity contribution in [2.24, 2.45) is 29.0 Å². The van der Waals surface area contributed by atoms with Gasteiger partial charge in [-0.1, -0.05) is 67.8 Å². The second-order valence-electron chi connectivity index (χ2n) is 17.5. The normalized spacial score (nSPS) is 23.4. The molecule has 2 heterocycles. The lowest BCUT2D eigenvalue weighted by atomic mass is 9.96. The fourth-order valence-corrected chi connectivity index (χ4v) is 9.60. The molecule has 1 aromatic rings. The standard InChI is InChI=1S/C44H67N11O12S2/c1-5-24(4)37-43(66)50-27(12-13-33(45)57)39(62)52-31(21-34(46)58)40(63)51-28(14-17-68-69-18-15-36(60)49-30(41(64)54-37)20-25-8-10-26(56)11-9-25)44(67)55-16-6-7-32(55)42(65)53-29(19-23(2)3)38(61)48-22-35(47)59/h8-11,23-24,27-32,37,56H,5-7,12-22H2,1-4H3,(H2,45,57)(H2,46,58)(H2,47,59)(H,48,61)(H,49,60)(H,50,66)(H,51,63)(H,52,62)(H,53,65)(H,54,64)/t24-,27-,28-,29-,30-,31-,32-,37-/m0/s1. The molecule has 14 N–H and O–H groups in total. The number of rotatable bonds is 17. The summed E-state index contributed by atoms with van der Waals surface area (Å²) in [5.41, 5.74) is 16.7. The van der Waals surface area contributed by atoms with E-state index in [1.54, 1.807) is 26.0 Å². The minimum atomic E-state index is -1.72. The molecule has 23 nitrogen and oxygen atoms in total. The van der Waals surface area contributed by atoms with Crippen molar-refractivity contribution in [2.75, 3.05) is 24.6 Å². The Morgan fingerprint density at radius 2 is 1.42 bits per heavy atom. The second-order valence-corrected chi connectivity index (χ2v) is 20.2. The molecule has 0 radical (unpaired) electrons. The molecule has 3 rings (SSSR count). The lowest BCUT2D eigenvalue weighted by molar-refractivity contribution is -0.142. The molecule has 8 atom stereocenters. The lowest BCUT2D eigenvalue weighted by Crippen LogP contribution is -2.61. The van der Waals surface area contributed by atoms with Gasteiger partial charge >= 0.3 is 0 Å². The van der Waals surface area contributed by atoms with Crippen molar-refractivity contribution in [3.63, 3.8) is 0 Å². The van der Waals surface area contributed by atoms with E-state index in [-0.39, 0.29) is 68.2 Å². The second kappa shape index (κ2) is 28.4. The van der Waals surface area contributed by atoms with Crippen molar-refractivity contribution in [2.45, 2.75) is 134 Å². The number of aromatic hydroxyl groups is 1. The summed E-state index contributed by atoms with van der Waals surface area (Å²) in [4.78, 5) is 148. The molecular formula is C44H67N11O12S2. The molecule has 11 amide bonds. The van der Waals surface area contributed by atoms with E-state index in [1.807, 2.05) is 13.8 Å². The zero-order valence-electron chi connectivity index (χ0n) is 39.3. The summed E-state index contributed by atoms with van der Waals surface area (Å²) in [5, 5.41) is 27.9. The van der Waals surface area contributed by atoms with Gasteiger partial charge in [-0.05, 0) is 61.6 Å². The van der Waals surface area contributed by atoms with E-state index >= 15 is 0 Å². The Kier molecular flexibility index (Phi) is 23.5. The molecule has 0 bridgehead atoms. The van der Waals surface area contributed by atoms with Crippen molar-refractivity contribution in [3.05, 3.63) is 29.8 Å². The van der Waals surface area contributed by atoms with Crippen LogP contribution in [0.15, 0.2) is 24.3 Å². The number of phenolic OH excluding ortho intramolecular Hbond substituents is 1. The number of amides is 11. The molecule has 382 valence electrons. The number of nitrogens with two attached hydrogens (primary N) is 3. The largest absolute Gasteiger partial charge is 0.508 e. The van der Waals surface area contributed by atoms with E-state index < -0.39 is 133 Å². The van der Waals surface area contributed by atoms with Gasteiger partial charge < -0.3 is 64.4 Å². The fraction of sp³-hybridized carbons (Fsp3) is 0.614. The zero-order chi connectivity index (χ0) is 51.4. The third-order valence-corrected chi connectivity index (χ3v) is 13.8. The summed E-state index contributed by atoms with van der Waals surface area (Å²) in [6.07, 6.45) is -0.555. The highest BCUT2D eigenvalue weighted by atomic mass is 33.1. The maximum atomic E-state index is 14.5. The van der Waals surface area contributed by atoms with Gasteiger partial charge in [-0.15, -0.1) is 0 Å². The first-order chi connectivity index (χ1) is 32.6. The van der Waals surface area contributed by atoms with Crippen LogP contribution in [0.5, 0.6) is 5.75 Å². The fourth-order valence-electron chi connectivity index (χ4n) is 7.52. The van der Waals surface area contributed by atoms with Gasteiger partial charge in [0.1, 0.15) is 48.0 Å². The molecule has 0 spiro atoms. The van der Waals surface area contributed by atoms with Gasteiger partial charge in [0.2, 0.25) is 65.0 Å². The van der Waals surface area contributed by atoms with Crippen LogP contribution in [0.25, 0.3) is 0 Å². The lowest BCUT2D eigenvalue weighted by Gasteiger charge is -2.31. The molecule has 0 aliphatic carbocycles. The van der Waals surface area contributed by atoms with Crippen molar-refractivity contribution in [1.29, 1.82) is 0 Å². The van der Waals surface area contributed by atoms with Crippen molar-refractivity contribution in [1.82, 2.24) is 42.1 Å². The molecule has 25 heteroatoms. The van der Waals surface area contributed by atoms with Crippen LogP contribution in [-0.2, 0) is 59.2 Å². The summed E-state index contributed by atoms with van der Waals surface area (Å²) < 4.78 is 0. The Morgan fingerprint density at radius 3 is 2.04 bits per heavy atom. The Morgan fingerprint density at radius 1 is 0.783 bits per heavy atom. The summed E-state index contributed by atoms with van der Waals surface area (Å²) in [7, 11) is 2.53. The highest BCUT2D eigenvalue weighted by molar-refractivity contribution is 8.76. The van der Waals surface area contributed by atoms with Crippen LogP contribution in [0.4, 0.5) is 0 Å². The topological polar surface area (TPSA) is 374 Å². The van der Waals surface area contributed by atoms with Gasteiger partial charge in [0.25, 0.3) is 0 Å². The summed E-state index contributed by atoms with van der Waals surface area (Å²) in [5.74, 6) is -8.97. The Labute approximate surface area is 408 Å². The summed E-state index contributed by atoms with van der Waals surface area (Å²) in [6.45, 7) is 6.72. The zero-order valence-corrected chi connectivity index (χ0v) is 41.0. The van der Waals surface area contributed by atoms with Crippen molar-refractivity contribution < 1.29 is 57.8 Å². The maximum Gasteiger partial charge on any atom is 0.245 e. The predicted octanol–water partition coefficient (Wildman–Crippen LogP) is -2.16. The van der Waals surface area contributed by atoms with E-state index in [9.17, 15) is 57.8 Å². The molecule has 2 saturated heterocycles. The van der Waals surface area contributed by atoms with Crippen LogP contribution < -0.4 is 54.4 Å².